The van der Waals surface area contributed by atoms with E-state index in [0.29, 0.717) is 18.5 Å². The summed E-state index contributed by atoms with van der Waals surface area (Å²) in [6.45, 7) is 14.0. The van der Waals surface area contributed by atoms with Gasteiger partial charge in [-0.1, -0.05) is 13.8 Å². The van der Waals surface area contributed by atoms with Crippen molar-refractivity contribution in [1.82, 2.24) is 9.88 Å². The zero-order chi connectivity index (χ0) is 13.9. The van der Waals surface area contributed by atoms with Gasteiger partial charge in [0.2, 0.25) is 0 Å². The molecule has 0 aliphatic heterocycles. The summed E-state index contributed by atoms with van der Waals surface area (Å²) in [5, 5.41) is 3.21. The van der Waals surface area contributed by atoms with Crippen molar-refractivity contribution < 1.29 is 4.79 Å². The van der Waals surface area contributed by atoms with Crippen LogP contribution in [-0.4, -0.2) is 23.4 Å². The highest BCUT2D eigenvalue weighted by Crippen LogP contribution is 2.20. The van der Waals surface area contributed by atoms with Crippen molar-refractivity contribution >= 4 is 5.78 Å². The second-order valence-corrected chi connectivity index (χ2v) is 5.70. The van der Waals surface area contributed by atoms with Crippen molar-refractivity contribution in [3.63, 3.8) is 0 Å². The molecule has 18 heavy (non-hydrogen) atoms. The lowest BCUT2D eigenvalue weighted by Gasteiger charge is -2.13. The maximum atomic E-state index is 12.2. The zero-order valence-corrected chi connectivity index (χ0v) is 12.5. The van der Waals surface area contributed by atoms with Crippen LogP contribution in [0.25, 0.3) is 0 Å². The summed E-state index contributed by atoms with van der Waals surface area (Å²) in [4.78, 5) is 12.2. The minimum Gasteiger partial charge on any atom is -0.346 e. The monoisotopic (exact) mass is 250 g/mol. The third-order valence-electron chi connectivity index (χ3n) is 3.14. The van der Waals surface area contributed by atoms with Crippen LogP contribution in [0, 0.1) is 19.8 Å². The van der Waals surface area contributed by atoms with Crippen LogP contribution in [0.1, 0.15) is 55.5 Å². The van der Waals surface area contributed by atoms with Gasteiger partial charge in [-0.25, -0.2) is 0 Å². The second-order valence-electron chi connectivity index (χ2n) is 5.70. The summed E-state index contributed by atoms with van der Waals surface area (Å²) >= 11 is 0. The Morgan fingerprint density at radius 1 is 1.28 bits per heavy atom. The molecule has 0 saturated carbocycles. The standard InChI is InChI=1S/C15H26N2O/c1-10(2)8-16-9-15(18)14-7-12(5)17(11(3)4)13(14)6/h7,10-11,16H,8-9H2,1-6H3. The fourth-order valence-electron chi connectivity index (χ4n) is 2.42. The summed E-state index contributed by atoms with van der Waals surface area (Å²) < 4.78 is 2.22. The molecule has 0 spiro atoms. The first-order chi connectivity index (χ1) is 8.34. The summed E-state index contributed by atoms with van der Waals surface area (Å²) in [5.41, 5.74) is 3.10. The van der Waals surface area contributed by atoms with Crippen LogP contribution < -0.4 is 5.32 Å². The van der Waals surface area contributed by atoms with Gasteiger partial charge in [-0.3, -0.25) is 4.79 Å². The van der Waals surface area contributed by atoms with E-state index in [9.17, 15) is 4.79 Å². The van der Waals surface area contributed by atoms with Gasteiger partial charge in [-0.2, -0.15) is 0 Å². The molecule has 0 aromatic carbocycles. The SMILES string of the molecule is Cc1cc(C(=O)CNCC(C)C)c(C)n1C(C)C. The number of hydrogen-bond acceptors (Lipinski definition) is 2. The Labute approximate surface area is 111 Å². The number of rotatable bonds is 6. The first-order valence-electron chi connectivity index (χ1n) is 6.77. The molecule has 1 aromatic heterocycles. The van der Waals surface area contributed by atoms with Crippen LogP contribution in [0.5, 0.6) is 0 Å². The quantitative estimate of drug-likeness (QED) is 0.787. The number of ketones is 1. The first-order valence-corrected chi connectivity index (χ1v) is 6.77. The van der Waals surface area contributed by atoms with E-state index in [1.807, 2.05) is 13.0 Å². The van der Waals surface area contributed by atoms with Gasteiger partial charge in [0.25, 0.3) is 0 Å². The Morgan fingerprint density at radius 3 is 2.33 bits per heavy atom. The Balaban J connectivity index is 2.78. The van der Waals surface area contributed by atoms with Gasteiger partial charge in [0.15, 0.2) is 5.78 Å². The number of carbonyl (C=O) groups is 1. The Morgan fingerprint density at radius 2 is 1.89 bits per heavy atom. The molecule has 3 nitrogen and oxygen atoms in total. The van der Waals surface area contributed by atoms with E-state index >= 15 is 0 Å². The normalized spacial score (nSPS) is 11.6. The number of aromatic nitrogens is 1. The predicted molar refractivity (Wildman–Crippen MR) is 76.3 cm³/mol. The molecule has 1 aromatic rings. The molecule has 1 rings (SSSR count). The number of nitrogens with one attached hydrogen (secondary N) is 1. The highest BCUT2D eigenvalue weighted by atomic mass is 16.1. The van der Waals surface area contributed by atoms with Gasteiger partial charge in [0.1, 0.15) is 0 Å². The van der Waals surface area contributed by atoms with Crippen molar-refractivity contribution in [2.45, 2.75) is 47.6 Å². The number of hydrogen-bond donors (Lipinski definition) is 1. The van der Waals surface area contributed by atoms with Crippen LogP contribution in [0.15, 0.2) is 6.07 Å². The van der Waals surface area contributed by atoms with Crippen molar-refractivity contribution in [2.24, 2.45) is 5.92 Å². The summed E-state index contributed by atoms with van der Waals surface area (Å²) in [6.07, 6.45) is 0. The van der Waals surface area contributed by atoms with E-state index in [2.05, 4.69) is 44.5 Å². The fourth-order valence-corrected chi connectivity index (χ4v) is 2.42. The number of carbonyl (C=O) groups excluding carboxylic acids is 1. The highest BCUT2D eigenvalue weighted by Gasteiger charge is 2.16. The fraction of sp³-hybridized carbons (Fsp3) is 0.667. The molecule has 0 bridgehead atoms. The maximum absolute atomic E-state index is 12.2. The van der Waals surface area contributed by atoms with E-state index < -0.39 is 0 Å². The second kappa shape index (κ2) is 6.19. The van der Waals surface area contributed by atoms with Crippen LogP contribution in [-0.2, 0) is 0 Å². The average Bonchev–Trinajstić information content (AvgIpc) is 2.53. The number of Topliss-reactive ketones (excluding diaryl/α,β-unsaturated/α-hetero) is 1. The molecular formula is C15H26N2O. The van der Waals surface area contributed by atoms with Gasteiger partial charge >= 0.3 is 0 Å². The van der Waals surface area contributed by atoms with Crippen molar-refractivity contribution in [1.29, 1.82) is 0 Å². The van der Waals surface area contributed by atoms with Crippen molar-refractivity contribution in [2.75, 3.05) is 13.1 Å². The number of nitrogens with zero attached hydrogens (tertiary/aromatic N) is 1. The molecule has 0 unspecified atom stereocenters. The minimum absolute atomic E-state index is 0.190. The summed E-state index contributed by atoms with van der Waals surface area (Å²) in [6, 6.07) is 2.41. The Hall–Kier alpha value is -1.09. The van der Waals surface area contributed by atoms with Crippen LogP contribution in [0.3, 0.4) is 0 Å². The molecule has 0 aliphatic rings. The molecule has 0 fully saturated rings. The number of aryl methyl sites for hydroxylation is 1. The van der Waals surface area contributed by atoms with Gasteiger partial charge in [-0.05, 0) is 46.2 Å². The van der Waals surface area contributed by atoms with E-state index in [-0.39, 0.29) is 5.78 Å². The Kier molecular flexibility index (Phi) is 5.15. The van der Waals surface area contributed by atoms with E-state index in [1.165, 1.54) is 0 Å². The van der Waals surface area contributed by atoms with Crippen LogP contribution in [0.4, 0.5) is 0 Å². The van der Waals surface area contributed by atoms with Crippen molar-refractivity contribution in [3.8, 4) is 0 Å². The van der Waals surface area contributed by atoms with E-state index in [0.717, 1.165) is 23.5 Å². The molecule has 0 saturated heterocycles. The zero-order valence-electron chi connectivity index (χ0n) is 12.5. The summed E-state index contributed by atoms with van der Waals surface area (Å²) in [5.74, 6) is 0.761. The van der Waals surface area contributed by atoms with Crippen molar-refractivity contribution in [3.05, 3.63) is 23.0 Å². The van der Waals surface area contributed by atoms with E-state index in [1.54, 1.807) is 0 Å². The van der Waals surface area contributed by atoms with E-state index in [4.69, 9.17) is 0 Å². The molecular weight excluding hydrogens is 224 g/mol. The molecule has 0 aliphatic carbocycles. The molecule has 0 atom stereocenters. The molecule has 102 valence electrons. The Bertz CT molecular complexity index is 416. The molecule has 3 heteroatoms. The summed E-state index contributed by atoms with van der Waals surface area (Å²) in [7, 11) is 0. The molecule has 0 amide bonds. The third kappa shape index (κ3) is 3.45. The van der Waals surface area contributed by atoms with Gasteiger partial charge in [-0.15, -0.1) is 0 Å². The maximum Gasteiger partial charge on any atom is 0.178 e. The highest BCUT2D eigenvalue weighted by molar-refractivity contribution is 5.99. The topological polar surface area (TPSA) is 34.0 Å². The lowest BCUT2D eigenvalue weighted by atomic mass is 10.1. The largest absolute Gasteiger partial charge is 0.346 e. The lowest BCUT2D eigenvalue weighted by molar-refractivity contribution is 0.0989. The van der Waals surface area contributed by atoms with Gasteiger partial charge in [0.05, 0.1) is 6.54 Å². The van der Waals surface area contributed by atoms with Gasteiger partial charge < -0.3 is 9.88 Å². The predicted octanol–water partition coefficient (Wildman–Crippen LogP) is 3.11. The first kappa shape index (κ1) is 15.0. The van der Waals surface area contributed by atoms with Gasteiger partial charge in [0, 0.05) is 23.0 Å². The van der Waals surface area contributed by atoms with Crippen LogP contribution in [0.2, 0.25) is 0 Å². The lowest BCUT2D eigenvalue weighted by Crippen LogP contribution is -2.26. The molecule has 0 radical (unpaired) electrons. The van der Waals surface area contributed by atoms with Crippen LogP contribution >= 0.6 is 0 Å². The average molecular weight is 250 g/mol. The minimum atomic E-state index is 0.190. The smallest absolute Gasteiger partial charge is 0.178 e. The third-order valence-corrected chi connectivity index (χ3v) is 3.14. The molecule has 1 N–H and O–H groups in total. The molecule has 1 heterocycles.